The maximum Gasteiger partial charge on any atom is 0.331 e. The molecule has 186 valence electrons. The number of carbonyl (C=O) groups excluding carboxylic acids is 3. The summed E-state index contributed by atoms with van der Waals surface area (Å²) in [6.45, 7) is 0.577. The van der Waals surface area contributed by atoms with E-state index in [0.717, 1.165) is 34.7 Å². The van der Waals surface area contributed by atoms with Gasteiger partial charge in [-0.1, -0.05) is 18.6 Å². The van der Waals surface area contributed by atoms with Crippen LogP contribution >= 0.6 is 11.3 Å². The molecule has 2 aromatic rings. The normalized spacial score (nSPS) is 22.8. The molecule has 0 radical (unpaired) electrons. The van der Waals surface area contributed by atoms with E-state index < -0.39 is 22.1 Å². The van der Waals surface area contributed by atoms with Crippen molar-refractivity contribution >= 4 is 39.3 Å². The standard InChI is InChI=1S/C24H28N4O5S2/c1-27(24(31)26-20-13-16-2-5-17(20)12-16)35(32,33)19-6-3-15(4-7-19)8-10-25-23(30)28-14-18-9-11-34-21(18)22(28)29/h3-4,6-7,9,11,16-17,20H,2,5,8,10,12-14H2,1H3,(H,25,30)(H,26,31). The van der Waals surface area contributed by atoms with Crippen LogP contribution in [0.3, 0.4) is 0 Å². The van der Waals surface area contributed by atoms with Crippen molar-refractivity contribution in [3.63, 3.8) is 0 Å². The molecule has 1 aromatic heterocycles. The van der Waals surface area contributed by atoms with Crippen molar-refractivity contribution < 1.29 is 22.8 Å². The van der Waals surface area contributed by atoms with Gasteiger partial charge in [0.25, 0.3) is 15.9 Å². The first-order valence-corrected chi connectivity index (χ1v) is 14.1. The first-order chi connectivity index (χ1) is 16.7. The molecule has 1 aliphatic heterocycles. The molecule has 2 fully saturated rings. The Morgan fingerprint density at radius 3 is 2.57 bits per heavy atom. The molecule has 9 nitrogen and oxygen atoms in total. The van der Waals surface area contributed by atoms with Crippen LogP contribution in [0.2, 0.25) is 0 Å². The zero-order chi connectivity index (χ0) is 24.7. The van der Waals surface area contributed by atoms with E-state index in [-0.39, 0.29) is 23.4 Å². The van der Waals surface area contributed by atoms with Gasteiger partial charge in [0, 0.05) is 19.6 Å². The van der Waals surface area contributed by atoms with Gasteiger partial charge in [0.05, 0.1) is 16.3 Å². The number of nitrogens with one attached hydrogen (secondary N) is 2. The number of hydrogen-bond donors (Lipinski definition) is 2. The summed E-state index contributed by atoms with van der Waals surface area (Å²) >= 11 is 1.33. The van der Waals surface area contributed by atoms with Crippen molar-refractivity contribution in [2.45, 2.75) is 49.6 Å². The van der Waals surface area contributed by atoms with E-state index in [1.165, 1.54) is 41.8 Å². The van der Waals surface area contributed by atoms with E-state index in [4.69, 9.17) is 0 Å². The summed E-state index contributed by atoms with van der Waals surface area (Å²) in [6, 6.07) is 7.13. The lowest BCUT2D eigenvalue weighted by atomic mass is 9.95. The third-order valence-electron chi connectivity index (χ3n) is 7.36. The first kappa shape index (κ1) is 23.8. The highest BCUT2D eigenvalue weighted by molar-refractivity contribution is 7.89. The molecule has 0 saturated heterocycles. The molecule has 5 amide bonds. The first-order valence-electron chi connectivity index (χ1n) is 11.8. The molecule has 2 saturated carbocycles. The summed E-state index contributed by atoms with van der Waals surface area (Å²) in [7, 11) is -2.70. The Labute approximate surface area is 208 Å². The molecule has 2 N–H and O–H groups in total. The maximum atomic E-state index is 12.9. The molecular formula is C24H28N4O5S2. The van der Waals surface area contributed by atoms with Gasteiger partial charge in [0.2, 0.25) is 0 Å². The van der Waals surface area contributed by atoms with Gasteiger partial charge in [-0.3, -0.25) is 9.69 Å². The highest BCUT2D eigenvalue weighted by Gasteiger charge is 2.41. The smallest absolute Gasteiger partial charge is 0.331 e. The van der Waals surface area contributed by atoms with Gasteiger partial charge < -0.3 is 10.6 Å². The number of benzene rings is 1. The van der Waals surface area contributed by atoms with Crippen LogP contribution in [0.15, 0.2) is 40.6 Å². The topological polar surface area (TPSA) is 116 Å². The number of imide groups is 1. The molecule has 0 spiro atoms. The maximum absolute atomic E-state index is 12.9. The summed E-state index contributed by atoms with van der Waals surface area (Å²) in [4.78, 5) is 39.1. The molecule has 2 heterocycles. The molecular weight excluding hydrogens is 488 g/mol. The van der Waals surface area contributed by atoms with Crippen LogP contribution in [0.25, 0.3) is 0 Å². The van der Waals surface area contributed by atoms with Gasteiger partial charge in [-0.05, 0) is 72.2 Å². The van der Waals surface area contributed by atoms with Gasteiger partial charge in [-0.2, -0.15) is 0 Å². The highest BCUT2D eigenvalue weighted by Crippen LogP contribution is 2.44. The summed E-state index contributed by atoms with van der Waals surface area (Å²) in [5.41, 5.74) is 1.69. The van der Waals surface area contributed by atoms with E-state index in [1.54, 1.807) is 12.1 Å². The summed E-state index contributed by atoms with van der Waals surface area (Å²) in [6.07, 6.45) is 4.81. The van der Waals surface area contributed by atoms with E-state index in [9.17, 15) is 22.8 Å². The fourth-order valence-electron chi connectivity index (χ4n) is 5.35. The second-order valence-corrected chi connectivity index (χ2v) is 12.4. The second kappa shape index (κ2) is 9.27. The van der Waals surface area contributed by atoms with Crippen LogP contribution in [-0.2, 0) is 23.0 Å². The lowest BCUT2D eigenvalue weighted by Gasteiger charge is -2.26. The second-order valence-electron chi connectivity index (χ2n) is 9.50. The van der Waals surface area contributed by atoms with E-state index >= 15 is 0 Å². The predicted octanol–water partition coefficient (Wildman–Crippen LogP) is 3.17. The Hall–Kier alpha value is -2.92. The van der Waals surface area contributed by atoms with Crippen molar-refractivity contribution in [3.8, 4) is 0 Å². The molecule has 3 aliphatic rings. The average molecular weight is 517 g/mol. The Kier molecular flexibility index (Phi) is 6.30. The predicted molar refractivity (Wildman–Crippen MR) is 130 cm³/mol. The minimum absolute atomic E-state index is 0.0321. The van der Waals surface area contributed by atoms with Crippen molar-refractivity contribution in [1.29, 1.82) is 0 Å². The number of thiophene rings is 1. The minimum Gasteiger partial charge on any atom is -0.337 e. The zero-order valence-corrected chi connectivity index (χ0v) is 21.0. The van der Waals surface area contributed by atoms with Crippen molar-refractivity contribution in [2.75, 3.05) is 13.6 Å². The van der Waals surface area contributed by atoms with Crippen LogP contribution in [-0.4, -0.2) is 55.2 Å². The quantitative estimate of drug-likeness (QED) is 0.612. The van der Waals surface area contributed by atoms with Gasteiger partial charge in [-0.15, -0.1) is 11.3 Å². The number of fused-ring (bicyclic) bond motifs is 3. The van der Waals surface area contributed by atoms with Gasteiger partial charge in [0.15, 0.2) is 0 Å². The largest absolute Gasteiger partial charge is 0.337 e. The third-order valence-corrected chi connectivity index (χ3v) is 10.1. The Morgan fingerprint density at radius 1 is 1.14 bits per heavy atom. The highest BCUT2D eigenvalue weighted by atomic mass is 32.2. The number of hydrogen-bond acceptors (Lipinski definition) is 6. The number of urea groups is 2. The van der Waals surface area contributed by atoms with Crippen LogP contribution in [0.1, 0.15) is 46.5 Å². The Balaban J connectivity index is 1.12. The summed E-state index contributed by atoms with van der Waals surface area (Å²) in [5.74, 6) is 0.820. The number of rotatable bonds is 6. The molecule has 1 aromatic carbocycles. The van der Waals surface area contributed by atoms with Gasteiger partial charge >= 0.3 is 12.1 Å². The fourth-order valence-corrected chi connectivity index (χ4v) is 7.28. The van der Waals surface area contributed by atoms with E-state index in [0.29, 0.717) is 29.7 Å². The average Bonchev–Trinajstić information content (AvgIpc) is 3.62. The number of amides is 5. The molecule has 35 heavy (non-hydrogen) atoms. The molecule has 5 rings (SSSR count). The zero-order valence-electron chi connectivity index (χ0n) is 19.4. The number of carbonyl (C=O) groups is 3. The van der Waals surface area contributed by atoms with Crippen LogP contribution in [0.4, 0.5) is 9.59 Å². The van der Waals surface area contributed by atoms with Gasteiger partial charge in [-0.25, -0.2) is 22.3 Å². The lowest BCUT2D eigenvalue weighted by molar-refractivity contribution is 0.0824. The van der Waals surface area contributed by atoms with Crippen molar-refractivity contribution in [3.05, 3.63) is 51.7 Å². The van der Waals surface area contributed by atoms with Gasteiger partial charge in [0.1, 0.15) is 0 Å². The van der Waals surface area contributed by atoms with Crippen LogP contribution in [0.5, 0.6) is 0 Å². The Morgan fingerprint density at radius 2 is 1.91 bits per heavy atom. The van der Waals surface area contributed by atoms with E-state index in [2.05, 4.69) is 10.6 Å². The summed E-state index contributed by atoms with van der Waals surface area (Å²) < 4.78 is 26.7. The van der Waals surface area contributed by atoms with Crippen molar-refractivity contribution in [1.82, 2.24) is 19.8 Å². The van der Waals surface area contributed by atoms with Crippen LogP contribution < -0.4 is 10.6 Å². The lowest BCUT2D eigenvalue weighted by Crippen LogP contribution is -2.47. The van der Waals surface area contributed by atoms with Crippen molar-refractivity contribution in [2.24, 2.45) is 11.8 Å². The minimum atomic E-state index is -3.97. The number of nitrogens with zero attached hydrogens (tertiary/aromatic N) is 2. The third kappa shape index (κ3) is 4.54. The molecule has 3 atom stereocenters. The monoisotopic (exact) mass is 516 g/mol. The fraction of sp³-hybridized carbons (Fsp3) is 0.458. The SMILES string of the molecule is CN(C(=O)NC1CC2CCC1C2)S(=O)(=O)c1ccc(CCNC(=O)N2Cc3ccsc3C2=O)cc1. The number of sulfonamides is 1. The summed E-state index contributed by atoms with van der Waals surface area (Å²) in [5, 5.41) is 7.49. The Bertz CT molecular complexity index is 1260. The molecule has 11 heteroatoms. The molecule has 3 unspecified atom stereocenters. The van der Waals surface area contributed by atoms with E-state index in [1.807, 2.05) is 11.4 Å². The molecule has 2 aliphatic carbocycles. The molecule has 2 bridgehead atoms. The van der Waals surface area contributed by atoms with Crippen LogP contribution in [0, 0.1) is 11.8 Å².